The van der Waals surface area contributed by atoms with Crippen molar-refractivity contribution in [3.63, 3.8) is 0 Å². The maximum Gasteiger partial charge on any atom is 0.251 e. The Morgan fingerprint density at radius 2 is 1.78 bits per heavy atom. The van der Waals surface area contributed by atoms with Crippen LogP contribution in [0.5, 0.6) is 0 Å². The van der Waals surface area contributed by atoms with Gasteiger partial charge in [-0.15, -0.1) is 0 Å². The van der Waals surface area contributed by atoms with Crippen LogP contribution in [0.4, 0.5) is 24.8 Å². The maximum absolute atomic E-state index is 15.0. The molecule has 2 aromatic carbocycles. The van der Waals surface area contributed by atoms with Crippen molar-refractivity contribution in [2.24, 2.45) is 0 Å². The van der Waals surface area contributed by atoms with Crippen LogP contribution in [0, 0.1) is 17.5 Å². The molecule has 6 nitrogen and oxygen atoms in total. The lowest BCUT2D eigenvalue weighted by molar-refractivity contribution is 0.445. The highest BCUT2D eigenvalue weighted by Gasteiger charge is 2.20. The first-order chi connectivity index (χ1) is 17.3. The summed E-state index contributed by atoms with van der Waals surface area (Å²) in [5.41, 5.74) is 1.18. The number of aromatic nitrogens is 3. The van der Waals surface area contributed by atoms with Crippen LogP contribution < -0.4 is 16.2 Å². The molecule has 5 rings (SSSR count). The average Bonchev–Trinajstić information content (AvgIpc) is 2.85. The van der Waals surface area contributed by atoms with Gasteiger partial charge in [-0.25, -0.2) is 23.1 Å². The molecule has 1 aliphatic rings. The van der Waals surface area contributed by atoms with E-state index in [1.165, 1.54) is 28.8 Å². The molecule has 1 fully saturated rings. The molecule has 0 radical (unpaired) electrons. The van der Waals surface area contributed by atoms with Gasteiger partial charge in [0, 0.05) is 28.7 Å². The van der Waals surface area contributed by atoms with E-state index >= 15 is 0 Å². The standard InChI is InChI=1S/C27H26F3N5O/c1-15(2)35-24-12-17(11-21(28)20(24)5-6-25(35)36)26-23(30)14-32-27(34-26)33-18-3-4-19(22(29)13-18)16-7-9-31-10-8-16/h3-6,11-16,31H,7-10H2,1-2H3,(H,32,33,34). The number of pyridine rings is 1. The molecule has 2 N–H and O–H groups in total. The van der Waals surface area contributed by atoms with E-state index in [0.29, 0.717) is 16.8 Å². The van der Waals surface area contributed by atoms with Crippen LogP contribution >= 0.6 is 0 Å². The van der Waals surface area contributed by atoms with E-state index in [-0.39, 0.29) is 45.9 Å². The monoisotopic (exact) mass is 493 g/mol. The molecule has 1 saturated heterocycles. The molecule has 0 unspecified atom stereocenters. The number of nitrogens with zero attached hydrogens (tertiary/aromatic N) is 3. The van der Waals surface area contributed by atoms with Gasteiger partial charge in [-0.2, -0.15) is 0 Å². The van der Waals surface area contributed by atoms with Gasteiger partial charge in [-0.1, -0.05) is 6.07 Å². The largest absolute Gasteiger partial charge is 0.324 e. The van der Waals surface area contributed by atoms with E-state index in [2.05, 4.69) is 20.6 Å². The Kier molecular flexibility index (Phi) is 6.49. The van der Waals surface area contributed by atoms with Gasteiger partial charge >= 0.3 is 0 Å². The molecule has 0 saturated carbocycles. The van der Waals surface area contributed by atoms with Crippen molar-refractivity contribution in [1.82, 2.24) is 19.9 Å². The second-order valence-electron chi connectivity index (χ2n) is 9.30. The SMILES string of the molecule is CC(C)n1c(=O)ccc2c(F)cc(-c3nc(Nc4ccc(C5CCNCC5)c(F)c4)ncc3F)cc21. The molecule has 0 amide bonds. The van der Waals surface area contributed by atoms with Gasteiger partial charge in [0.15, 0.2) is 5.82 Å². The van der Waals surface area contributed by atoms with E-state index in [1.54, 1.807) is 18.2 Å². The lowest BCUT2D eigenvalue weighted by atomic mass is 9.90. The molecule has 36 heavy (non-hydrogen) atoms. The zero-order valence-electron chi connectivity index (χ0n) is 20.0. The van der Waals surface area contributed by atoms with Crippen LogP contribution in [-0.4, -0.2) is 27.6 Å². The molecule has 0 spiro atoms. The van der Waals surface area contributed by atoms with Crippen LogP contribution in [0.1, 0.15) is 44.2 Å². The summed E-state index contributed by atoms with van der Waals surface area (Å²) in [6.45, 7) is 5.35. The fourth-order valence-corrected chi connectivity index (χ4v) is 4.82. The Morgan fingerprint density at radius 3 is 2.50 bits per heavy atom. The third kappa shape index (κ3) is 4.58. The fraction of sp³-hybridized carbons (Fsp3) is 0.296. The minimum atomic E-state index is -0.749. The number of hydrogen-bond acceptors (Lipinski definition) is 5. The van der Waals surface area contributed by atoms with Crippen LogP contribution in [0.15, 0.2) is 53.5 Å². The van der Waals surface area contributed by atoms with Gasteiger partial charge < -0.3 is 15.2 Å². The quantitative estimate of drug-likeness (QED) is 0.375. The zero-order chi connectivity index (χ0) is 25.4. The number of hydrogen-bond donors (Lipinski definition) is 2. The van der Waals surface area contributed by atoms with Crippen molar-refractivity contribution < 1.29 is 13.2 Å². The molecule has 9 heteroatoms. The molecule has 3 heterocycles. The minimum absolute atomic E-state index is 0.0373. The molecule has 0 atom stereocenters. The molecule has 0 bridgehead atoms. The highest BCUT2D eigenvalue weighted by atomic mass is 19.1. The topological polar surface area (TPSA) is 71.8 Å². The van der Waals surface area contributed by atoms with Crippen LogP contribution in [0.25, 0.3) is 22.2 Å². The van der Waals surface area contributed by atoms with E-state index in [9.17, 15) is 18.0 Å². The van der Waals surface area contributed by atoms with Gasteiger partial charge in [0.1, 0.15) is 17.3 Å². The van der Waals surface area contributed by atoms with Crippen molar-refractivity contribution >= 4 is 22.5 Å². The first-order valence-electron chi connectivity index (χ1n) is 12.0. The zero-order valence-corrected chi connectivity index (χ0v) is 20.0. The summed E-state index contributed by atoms with van der Waals surface area (Å²) in [5.74, 6) is -1.46. The Labute approximate surface area is 206 Å². The Balaban J connectivity index is 1.50. The Morgan fingerprint density at radius 1 is 1.00 bits per heavy atom. The first kappa shape index (κ1) is 24.0. The van der Waals surface area contributed by atoms with Gasteiger partial charge in [0.25, 0.3) is 5.56 Å². The van der Waals surface area contributed by atoms with Crippen molar-refractivity contribution in [1.29, 1.82) is 0 Å². The normalized spacial score (nSPS) is 14.5. The second kappa shape index (κ2) is 9.73. The molecular weight excluding hydrogens is 467 g/mol. The molecule has 186 valence electrons. The van der Waals surface area contributed by atoms with Crippen molar-refractivity contribution in [3.8, 4) is 11.3 Å². The molecule has 0 aliphatic carbocycles. The van der Waals surface area contributed by atoms with Crippen LogP contribution in [0.2, 0.25) is 0 Å². The van der Waals surface area contributed by atoms with E-state index in [0.717, 1.165) is 32.1 Å². The Hall–Kier alpha value is -3.72. The lowest BCUT2D eigenvalue weighted by Gasteiger charge is -2.23. The minimum Gasteiger partial charge on any atom is -0.324 e. The van der Waals surface area contributed by atoms with Gasteiger partial charge in [-0.3, -0.25) is 4.79 Å². The first-order valence-corrected chi connectivity index (χ1v) is 12.0. The number of anilines is 2. The lowest BCUT2D eigenvalue weighted by Crippen LogP contribution is -2.27. The summed E-state index contributed by atoms with van der Waals surface area (Å²) in [4.78, 5) is 20.6. The van der Waals surface area contributed by atoms with Crippen LogP contribution in [0.3, 0.4) is 0 Å². The van der Waals surface area contributed by atoms with Crippen molar-refractivity contribution in [2.45, 2.75) is 38.6 Å². The summed E-state index contributed by atoms with van der Waals surface area (Å²) in [5, 5.41) is 6.44. The fourth-order valence-electron chi connectivity index (χ4n) is 4.82. The number of rotatable bonds is 5. The summed E-state index contributed by atoms with van der Waals surface area (Å²) < 4.78 is 46.1. The predicted octanol–water partition coefficient (Wildman–Crippen LogP) is 5.67. The Bertz CT molecular complexity index is 1500. The number of piperidine rings is 1. The predicted molar refractivity (Wildman–Crippen MR) is 134 cm³/mol. The smallest absolute Gasteiger partial charge is 0.251 e. The second-order valence-corrected chi connectivity index (χ2v) is 9.30. The summed E-state index contributed by atoms with van der Waals surface area (Å²) in [6.07, 6.45) is 2.73. The summed E-state index contributed by atoms with van der Waals surface area (Å²) in [6, 6.07) is 10.1. The van der Waals surface area contributed by atoms with Crippen LogP contribution in [-0.2, 0) is 0 Å². The molecule has 2 aromatic heterocycles. The highest BCUT2D eigenvalue weighted by Crippen LogP contribution is 2.31. The van der Waals surface area contributed by atoms with Gasteiger partial charge in [-0.05, 0) is 81.6 Å². The third-order valence-electron chi connectivity index (χ3n) is 6.57. The van der Waals surface area contributed by atoms with E-state index in [4.69, 9.17) is 0 Å². The van der Waals surface area contributed by atoms with E-state index in [1.807, 2.05) is 13.8 Å². The number of nitrogens with one attached hydrogen (secondary N) is 2. The summed E-state index contributed by atoms with van der Waals surface area (Å²) in [7, 11) is 0. The molecule has 4 aromatic rings. The average molecular weight is 494 g/mol. The highest BCUT2D eigenvalue weighted by molar-refractivity contribution is 5.85. The van der Waals surface area contributed by atoms with Crippen molar-refractivity contribution in [3.05, 3.63) is 82.0 Å². The molecule has 1 aliphatic heterocycles. The van der Waals surface area contributed by atoms with Crippen molar-refractivity contribution in [2.75, 3.05) is 18.4 Å². The number of halogens is 3. The van der Waals surface area contributed by atoms with E-state index < -0.39 is 11.6 Å². The maximum atomic E-state index is 15.0. The third-order valence-corrected chi connectivity index (χ3v) is 6.57. The number of fused-ring (bicyclic) bond motifs is 1. The summed E-state index contributed by atoms with van der Waals surface area (Å²) >= 11 is 0. The number of benzene rings is 2. The molecular formula is C27H26F3N5O. The van der Waals surface area contributed by atoms with Gasteiger partial charge in [0.2, 0.25) is 5.95 Å². The van der Waals surface area contributed by atoms with Gasteiger partial charge in [0.05, 0.1) is 11.7 Å².